The smallest absolute Gasteiger partial charge is 0.303 e. The molecule has 0 fully saturated rings. The molecular formula is C14H20O6. The van der Waals surface area contributed by atoms with E-state index >= 15 is 0 Å². The molecule has 6 heteroatoms. The Kier molecular flexibility index (Phi) is 6.38. The standard InChI is InChI=1S/C14H20O6/c1-9(7-15)6-12-4-5-13(19-11(3)17)14(20-12)8-18-10(2)16/h4-5,7,9,12-14H,6,8H2,1-3H3/t9-,12-,13-,14+/m0/s1. The Hall–Kier alpha value is -1.69. The van der Waals surface area contributed by atoms with Crippen molar-refractivity contribution in [3.63, 3.8) is 0 Å². The van der Waals surface area contributed by atoms with Gasteiger partial charge >= 0.3 is 11.9 Å². The van der Waals surface area contributed by atoms with Gasteiger partial charge in [-0.05, 0) is 12.5 Å². The van der Waals surface area contributed by atoms with Crippen molar-refractivity contribution >= 4 is 18.2 Å². The molecule has 0 amide bonds. The van der Waals surface area contributed by atoms with Gasteiger partial charge in [0, 0.05) is 19.8 Å². The van der Waals surface area contributed by atoms with Crippen LogP contribution in [0.1, 0.15) is 27.2 Å². The first kappa shape index (κ1) is 16.4. The van der Waals surface area contributed by atoms with Gasteiger partial charge in [-0.2, -0.15) is 0 Å². The van der Waals surface area contributed by atoms with Crippen LogP contribution in [0, 0.1) is 5.92 Å². The van der Waals surface area contributed by atoms with E-state index in [-0.39, 0.29) is 18.6 Å². The maximum Gasteiger partial charge on any atom is 0.303 e. The monoisotopic (exact) mass is 284 g/mol. The summed E-state index contributed by atoms with van der Waals surface area (Å²) in [6, 6.07) is 0. The molecule has 1 aliphatic heterocycles. The zero-order valence-corrected chi connectivity index (χ0v) is 11.9. The highest BCUT2D eigenvalue weighted by Gasteiger charge is 2.31. The summed E-state index contributed by atoms with van der Waals surface area (Å²) in [6.45, 7) is 4.40. The summed E-state index contributed by atoms with van der Waals surface area (Å²) in [5.41, 5.74) is 0. The Balaban J connectivity index is 2.68. The molecule has 0 saturated heterocycles. The Morgan fingerprint density at radius 3 is 2.55 bits per heavy atom. The highest BCUT2D eigenvalue weighted by Crippen LogP contribution is 2.21. The number of aldehydes is 1. The lowest BCUT2D eigenvalue weighted by Crippen LogP contribution is -2.41. The summed E-state index contributed by atoms with van der Waals surface area (Å²) in [5, 5.41) is 0. The largest absolute Gasteiger partial charge is 0.463 e. The van der Waals surface area contributed by atoms with Crippen LogP contribution in [0.5, 0.6) is 0 Å². The summed E-state index contributed by atoms with van der Waals surface area (Å²) in [5.74, 6) is -0.998. The average molecular weight is 284 g/mol. The second-order valence-electron chi connectivity index (χ2n) is 4.82. The quantitative estimate of drug-likeness (QED) is 0.412. The van der Waals surface area contributed by atoms with Gasteiger partial charge in [0.15, 0.2) is 0 Å². The summed E-state index contributed by atoms with van der Waals surface area (Å²) in [6.07, 6.45) is 3.45. The van der Waals surface area contributed by atoms with E-state index in [1.165, 1.54) is 13.8 Å². The van der Waals surface area contributed by atoms with E-state index < -0.39 is 24.1 Å². The molecular weight excluding hydrogens is 264 g/mol. The molecule has 20 heavy (non-hydrogen) atoms. The SMILES string of the molecule is CC(=O)OC[C@H]1O[C@H](C[C@H](C)C=O)C=C[C@@H]1OC(C)=O. The lowest BCUT2D eigenvalue weighted by atomic mass is 10.0. The maximum atomic E-state index is 11.0. The minimum Gasteiger partial charge on any atom is -0.463 e. The molecule has 4 atom stereocenters. The Bertz CT molecular complexity index is 389. The van der Waals surface area contributed by atoms with Crippen LogP contribution in [0.4, 0.5) is 0 Å². The Morgan fingerprint density at radius 1 is 1.30 bits per heavy atom. The summed E-state index contributed by atoms with van der Waals surface area (Å²) in [7, 11) is 0. The molecule has 0 saturated carbocycles. The number of carbonyl (C=O) groups is 3. The van der Waals surface area contributed by atoms with Gasteiger partial charge in [0.25, 0.3) is 0 Å². The molecule has 0 aromatic heterocycles. The van der Waals surface area contributed by atoms with Crippen molar-refractivity contribution in [2.24, 2.45) is 5.92 Å². The lowest BCUT2D eigenvalue weighted by molar-refractivity contribution is -0.163. The van der Waals surface area contributed by atoms with E-state index in [0.717, 1.165) is 6.29 Å². The van der Waals surface area contributed by atoms with Crippen LogP contribution in [0.25, 0.3) is 0 Å². The highest BCUT2D eigenvalue weighted by atomic mass is 16.6. The predicted molar refractivity (Wildman–Crippen MR) is 69.8 cm³/mol. The van der Waals surface area contributed by atoms with E-state index in [4.69, 9.17) is 14.2 Å². The molecule has 1 heterocycles. The van der Waals surface area contributed by atoms with Gasteiger partial charge in [-0.15, -0.1) is 0 Å². The summed E-state index contributed by atoms with van der Waals surface area (Å²) in [4.78, 5) is 32.6. The van der Waals surface area contributed by atoms with Crippen molar-refractivity contribution in [1.29, 1.82) is 0 Å². The summed E-state index contributed by atoms with van der Waals surface area (Å²) < 4.78 is 15.7. The highest BCUT2D eigenvalue weighted by molar-refractivity contribution is 5.66. The molecule has 0 aromatic carbocycles. The molecule has 0 unspecified atom stereocenters. The topological polar surface area (TPSA) is 78.9 Å². The normalized spacial score (nSPS) is 26.6. The first-order chi connectivity index (χ1) is 9.42. The van der Waals surface area contributed by atoms with E-state index in [2.05, 4.69) is 0 Å². The minimum atomic E-state index is -0.588. The second-order valence-corrected chi connectivity index (χ2v) is 4.82. The number of carbonyl (C=O) groups excluding carboxylic acids is 3. The predicted octanol–water partition coefficient (Wildman–Crippen LogP) is 1.03. The van der Waals surface area contributed by atoms with Crippen LogP contribution < -0.4 is 0 Å². The van der Waals surface area contributed by atoms with E-state index in [9.17, 15) is 14.4 Å². The van der Waals surface area contributed by atoms with Gasteiger partial charge in [0.05, 0.1) is 6.10 Å². The van der Waals surface area contributed by atoms with Crippen molar-refractivity contribution < 1.29 is 28.6 Å². The fourth-order valence-corrected chi connectivity index (χ4v) is 1.90. The molecule has 1 rings (SSSR count). The van der Waals surface area contributed by atoms with Crippen LogP contribution in [-0.4, -0.2) is 43.1 Å². The van der Waals surface area contributed by atoms with Gasteiger partial charge in [0.1, 0.15) is 25.1 Å². The van der Waals surface area contributed by atoms with Gasteiger partial charge in [-0.25, -0.2) is 0 Å². The van der Waals surface area contributed by atoms with Crippen LogP contribution >= 0.6 is 0 Å². The third-order valence-electron chi connectivity index (χ3n) is 2.82. The zero-order chi connectivity index (χ0) is 15.1. The van der Waals surface area contributed by atoms with Crippen molar-refractivity contribution in [1.82, 2.24) is 0 Å². The second kappa shape index (κ2) is 7.79. The molecule has 0 bridgehead atoms. The van der Waals surface area contributed by atoms with E-state index in [1.54, 1.807) is 19.1 Å². The molecule has 0 aliphatic carbocycles. The third kappa shape index (κ3) is 5.52. The van der Waals surface area contributed by atoms with Gasteiger partial charge in [0.2, 0.25) is 0 Å². The first-order valence-electron chi connectivity index (χ1n) is 6.52. The van der Waals surface area contributed by atoms with E-state index in [0.29, 0.717) is 6.42 Å². The number of hydrogen-bond donors (Lipinski definition) is 0. The van der Waals surface area contributed by atoms with Crippen molar-refractivity contribution in [3.05, 3.63) is 12.2 Å². The lowest BCUT2D eigenvalue weighted by Gasteiger charge is -2.32. The summed E-state index contributed by atoms with van der Waals surface area (Å²) >= 11 is 0. The van der Waals surface area contributed by atoms with E-state index in [1.807, 2.05) is 0 Å². The van der Waals surface area contributed by atoms with Crippen molar-refractivity contribution in [3.8, 4) is 0 Å². The van der Waals surface area contributed by atoms with Crippen LogP contribution in [0.3, 0.4) is 0 Å². The number of hydrogen-bond acceptors (Lipinski definition) is 6. The molecule has 1 aliphatic rings. The number of ether oxygens (including phenoxy) is 3. The zero-order valence-electron chi connectivity index (χ0n) is 11.9. The Morgan fingerprint density at radius 2 is 2.00 bits per heavy atom. The van der Waals surface area contributed by atoms with Crippen LogP contribution in [-0.2, 0) is 28.6 Å². The van der Waals surface area contributed by atoms with Gasteiger partial charge in [-0.3, -0.25) is 9.59 Å². The molecule has 0 spiro atoms. The molecule has 0 aromatic rings. The van der Waals surface area contributed by atoms with Gasteiger partial charge < -0.3 is 19.0 Å². The molecule has 112 valence electrons. The number of rotatable bonds is 6. The minimum absolute atomic E-state index is 0.00356. The molecule has 0 N–H and O–H groups in total. The molecule has 6 nitrogen and oxygen atoms in total. The Labute approximate surface area is 118 Å². The van der Waals surface area contributed by atoms with Crippen LogP contribution in [0.2, 0.25) is 0 Å². The van der Waals surface area contributed by atoms with Crippen LogP contribution in [0.15, 0.2) is 12.2 Å². The first-order valence-corrected chi connectivity index (χ1v) is 6.52. The average Bonchev–Trinajstić information content (AvgIpc) is 2.37. The number of esters is 2. The third-order valence-corrected chi connectivity index (χ3v) is 2.82. The fraction of sp³-hybridized carbons (Fsp3) is 0.643. The molecule has 0 radical (unpaired) electrons. The van der Waals surface area contributed by atoms with Crippen molar-refractivity contribution in [2.45, 2.75) is 45.5 Å². The fourth-order valence-electron chi connectivity index (χ4n) is 1.90. The van der Waals surface area contributed by atoms with Gasteiger partial charge in [-0.1, -0.05) is 13.0 Å². The maximum absolute atomic E-state index is 11.0. The van der Waals surface area contributed by atoms with Crippen molar-refractivity contribution in [2.75, 3.05) is 6.61 Å².